The molecule has 0 bridgehead atoms. The number of anilines is 1. The highest BCUT2D eigenvalue weighted by molar-refractivity contribution is 6.11. The molecule has 1 aromatic carbocycles. The monoisotopic (exact) mass is 379 g/mol. The van der Waals surface area contributed by atoms with Gasteiger partial charge < -0.3 is 15.5 Å². The van der Waals surface area contributed by atoms with Gasteiger partial charge in [-0.15, -0.1) is 0 Å². The maximum Gasteiger partial charge on any atom is 0.274 e. The first kappa shape index (κ1) is 17.0. The van der Waals surface area contributed by atoms with Gasteiger partial charge in [-0.3, -0.25) is 19.5 Å². The van der Waals surface area contributed by atoms with Crippen molar-refractivity contribution in [2.75, 3.05) is 24.5 Å². The number of hydrogen-bond donors (Lipinski definition) is 2. The van der Waals surface area contributed by atoms with Crippen molar-refractivity contribution in [2.24, 2.45) is 5.73 Å². The first-order chi connectivity index (χ1) is 13.5. The second-order valence-corrected chi connectivity index (χ2v) is 7.82. The van der Waals surface area contributed by atoms with E-state index in [2.05, 4.69) is 10.2 Å². The van der Waals surface area contributed by atoms with Crippen molar-refractivity contribution >= 4 is 23.4 Å². The SMILES string of the molecule is NC(=O)CN1C(=O)C2(CCN(C(=O)c3n[nH]c4c3CCC4)C2)c2ccccc21. The van der Waals surface area contributed by atoms with Crippen LogP contribution in [0.3, 0.4) is 0 Å². The number of nitrogens with zero attached hydrogens (tertiary/aromatic N) is 3. The van der Waals surface area contributed by atoms with E-state index in [0.29, 0.717) is 30.9 Å². The summed E-state index contributed by atoms with van der Waals surface area (Å²) in [6.45, 7) is 0.613. The van der Waals surface area contributed by atoms with E-state index < -0.39 is 11.3 Å². The lowest BCUT2D eigenvalue weighted by Gasteiger charge is -2.24. The van der Waals surface area contributed by atoms with Crippen LogP contribution in [0.15, 0.2) is 24.3 Å². The van der Waals surface area contributed by atoms with Crippen molar-refractivity contribution in [1.29, 1.82) is 0 Å². The number of carbonyl (C=O) groups excluding carboxylic acids is 3. The zero-order valence-corrected chi connectivity index (χ0v) is 15.4. The number of para-hydroxylation sites is 1. The summed E-state index contributed by atoms with van der Waals surface area (Å²) in [5.74, 6) is -0.844. The molecule has 1 atom stereocenters. The van der Waals surface area contributed by atoms with Gasteiger partial charge in [0.2, 0.25) is 11.8 Å². The van der Waals surface area contributed by atoms with Gasteiger partial charge in [0.05, 0.1) is 5.41 Å². The molecule has 5 rings (SSSR count). The number of nitrogens with one attached hydrogen (secondary N) is 1. The van der Waals surface area contributed by atoms with Crippen LogP contribution in [0.2, 0.25) is 0 Å². The molecule has 1 unspecified atom stereocenters. The lowest BCUT2D eigenvalue weighted by molar-refractivity contribution is -0.125. The fourth-order valence-electron chi connectivity index (χ4n) is 4.93. The third-order valence-electron chi connectivity index (χ3n) is 6.24. The molecular weight excluding hydrogens is 358 g/mol. The molecular formula is C20H21N5O3. The van der Waals surface area contributed by atoms with Gasteiger partial charge in [-0.25, -0.2) is 0 Å². The topological polar surface area (TPSA) is 112 Å². The number of aromatic nitrogens is 2. The van der Waals surface area contributed by atoms with E-state index in [1.165, 1.54) is 4.90 Å². The molecule has 28 heavy (non-hydrogen) atoms. The van der Waals surface area contributed by atoms with E-state index in [-0.39, 0.29) is 18.4 Å². The smallest absolute Gasteiger partial charge is 0.274 e. The van der Waals surface area contributed by atoms with E-state index in [1.807, 2.05) is 24.3 Å². The van der Waals surface area contributed by atoms with Crippen molar-refractivity contribution in [2.45, 2.75) is 31.1 Å². The number of aryl methyl sites for hydroxylation is 1. The van der Waals surface area contributed by atoms with Crippen LogP contribution in [0.1, 0.15) is 40.2 Å². The molecule has 3 N–H and O–H groups in total. The zero-order valence-electron chi connectivity index (χ0n) is 15.4. The Hall–Kier alpha value is -3.16. The Kier molecular flexibility index (Phi) is 3.59. The first-order valence-corrected chi connectivity index (χ1v) is 9.56. The van der Waals surface area contributed by atoms with Crippen molar-refractivity contribution in [3.8, 4) is 0 Å². The Labute approximate surface area is 161 Å². The normalized spacial score (nSPS) is 22.8. The molecule has 0 radical (unpaired) electrons. The van der Waals surface area contributed by atoms with Gasteiger partial charge in [-0.2, -0.15) is 5.10 Å². The highest BCUT2D eigenvalue weighted by atomic mass is 16.2. The van der Waals surface area contributed by atoms with Gasteiger partial charge in [0, 0.05) is 30.0 Å². The molecule has 0 saturated carbocycles. The molecule has 8 heteroatoms. The van der Waals surface area contributed by atoms with E-state index in [9.17, 15) is 14.4 Å². The van der Waals surface area contributed by atoms with Gasteiger partial charge in [0.1, 0.15) is 6.54 Å². The Balaban J connectivity index is 1.48. The minimum Gasteiger partial charge on any atom is -0.368 e. The van der Waals surface area contributed by atoms with E-state index in [4.69, 9.17) is 5.73 Å². The molecule has 2 aliphatic heterocycles. The van der Waals surface area contributed by atoms with Crippen LogP contribution < -0.4 is 10.6 Å². The minimum atomic E-state index is -0.818. The maximum absolute atomic E-state index is 13.3. The molecule has 1 aromatic heterocycles. The predicted octanol–water partition coefficient (Wildman–Crippen LogP) is 0.514. The molecule has 1 aliphatic carbocycles. The zero-order chi connectivity index (χ0) is 19.5. The number of aromatic amines is 1. The predicted molar refractivity (Wildman–Crippen MR) is 101 cm³/mol. The molecule has 2 aromatic rings. The second kappa shape index (κ2) is 5.92. The number of nitrogens with two attached hydrogens (primary N) is 1. The third kappa shape index (κ3) is 2.23. The molecule has 144 valence electrons. The summed E-state index contributed by atoms with van der Waals surface area (Å²) >= 11 is 0. The van der Waals surface area contributed by atoms with Crippen LogP contribution in [0, 0.1) is 0 Å². The van der Waals surface area contributed by atoms with E-state index >= 15 is 0 Å². The minimum absolute atomic E-state index is 0.130. The Morgan fingerprint density at radius 3 is 2.89 bits per heavy atom. The molecule has 1 saturated heterocycles. The largest absolute Gasteiger partial charge is 0.368 e. The van der Waals surface area contributed by atoms with Gasteiger partial charge >= 0.3 is 0 Å². The van der Waals surface area contributed by atoms with Crippen molar-refractivity contribution < 1.29 is 14.4 Å². The summed E-state index contributed by atoms with van der Waals surface area (Å²) in [7, 11) is 0. The van der Waals surface area contributed by atoms with Crippen LogP contribution in [-0.2, 0) is 27.8 Å². The average Bonchev–Trinajstić information content (AvgIpc) is 3.43. The van der Waals surface area contributed by atoms with Gasteiger partial charge in [-0.05, 0) is 37.3 Å². The third-order valence-corrected chi connectivity index (χ3v) is 6.24. The van der Waals surface area contributed by atoms with Crippen LogP contribution in [0.25, 0.3) is 0 Å². The van der Waals surface area contributed by atoms with Gasteiger partial charge in [0.15, 0.2) is 5.69 Å². The summed E-state index contributed by atoms with van der Waals surface area (Å²) < 4.78 is 0. The van der Waals surface area contributed by atoms with Crippen molar-refractivity contribution in [3.63, 3.8) is 0 Å². The van der Waals surface area contributed by atoms with Crippen molar-refractivity contribution in [3.05, 3.63) is 46.8 Å². The molecule has 1 fully saturated rings. The fraction of sp³-hybridized carbons (Fsp3) is 0.400. The number of amides is 3. The van der Waals surface area contributed by atoms with E-state index in [1.54, 1.807) is 4.90 Å². The Morgan fingerprint density at radius 2 is 2.07 bits per heavy atom. The quantitative estimate of drug-likeness (QED) is 0.809. The van der Waals surface area contributed by atoms with Crippen LogP contribution >= 0.6 is 0 Å². The molecule has 1 spiro atoms. The number of carbonyl (C=O) groups is 3. The Morgan fingerprint density at radius 1 is 1.25 bits per heavy atom. The number of likely N-dealkylation sites (tertiary alicyclic amines) is 1. The van der Waals surface area contributed by atoms with E-state index in [0.717, 1.165) is 36.1 Å². The average molecular weight is 379 g/mol. The molecule has 3 aliphatic rings. The number of H-pyrrole nitrogens is 1. The summed E-state index contributed by atoms with van der Waals surface area (Å²) in [6.07, 6.45) is 3.34. The number of rotatable bonds is 3. The summed E-state index contributed by atoms with van der Waals surface area (Å²) in [5, 5.41) is 7.22. The highest BCUT2D eigenvalue weighted by Gasteiger charge is 2.55. The summed E-state index contributed by atoms with van der Waals surface area (Å²) in [4.78, 5) is 41.1. The van der Waals surface area contributed by atoms with Crippen LogP contribution in [0.4, 0.5) is 5.69 Å². The molecule has 3 heterocycles. The first-order valence-electron chi connectivity index (χ1n) is 9.56. The molecule has 8 nitrogen and oxygen atoms in total. The second-order valence-electron chi connectivity index (χ2n) is 7.82. The number of hydrogen-bond acceptors (Lipinski definition) is 4. The standard InChI is InChI=1S/C20H21N5O3/c21-16(26)10-25-15-7-2-1-5-13(15)20(19(25)28)8-9-24(11-20)18(27)17-12-4-3-6-14(12)22-23-17/h1-2,5,7H,3-4,6,8-11H2,(H2,21,26)(H,22,23). The Bertz CT molecular complexity index is 1010. The maximum atomic E-state index is 13.3. The number of primary amides is 1. The highest BCUT2D eigenvalue weighted by Crippen LogP contribution is 2.47. The van der Waals surface area contributed by atoms with Gasteiger partial charge in [-0.1, -0.05) is 18.2 Å². The number of benzene rings is 1. The fourth-order valence-corrected chi connectivity index (χ4v) is 4.93. The lowest BCUT2D eigenvalue weighted by atomic mass is 9.81. The number of fused-ring (bicyclic) bond motifs is 3. The summed E-state index contributed by atoms with van der Waals surface area (Å²) in [6, 6.07) is 7.46. The lowest BCUT2D eigenvalue weighted by Crippen LogP contribution is -2.45. The van der Waals surface area contributed by atoms with Crippen LogP contribution in [-0.4, -0.2) is 52.5 Å². The summed E-state index contributed by atoms with van der Waals surface area (Å²) in [5.41, 5.74) is 8.66. The van der Waals surface area contributed by atoms with Gasteiger partial charge in [0.25, 0.3) is 5.91 Å². The van der Waals surface area contributed by atoms with Crippen molar-refractivity contribution in [1.82, 2.24) is 15.1 Å². The molecule has 3 amide bonds. The van der Waals surface area contributed by atoms with Crippen LogP contribution in [0.5, 0.6) is 0 Å².